The van der Waals surface area contributed by atoms with Crippen LogP contribution in [0.15, 0.2) is 54.6 Å². The van der Waals surface area contributed by atoms with Crippen molar-refractivity contribution in [2.24, 2.45) is 0 Å². The van der Waals surface area contributed by atoms with Gasteiger partial charge in [-0.1, -0.05) is 62.3 Å². The third-order valence-electron chi connectivity index (χ3n) is 3.07. The Balaban J connectivity index is 2.09. The summed E-state index contributed by atoms with van der Waals surface area (Å²) in [7, 11) is 0. The van der Waals surface area contributed by atoms with E-state index in [1.54, 1.807) is 0 Å². The van der Waals surface area contributed by atoms with Crippen LogP contribution < -0.4 is 5.32 Å². The molecule has 0 aliphatic rings. The summed E-state index contributed by atoms with van der Waals surface area (Å²) in [6.07, 6.45) is 13.3. The van der Waals surface area contributed by atoms with E-state index in [-0.39, 0.29) is 6.10 Å². The van der Waals surface area contributed by atoms with Crippen LogP contribution in [0.25, 0.3) is 0 Å². The van der Waals surface area contributed by atoms with E-state index >= 15 is 0 Å². The lowest BCUT2D eigenvalue weighted by Gasteiger charge is -2.03. The fourth-order valence-corrected chi connectivity index (χ4v) is 1.90. The zero-order valence-corrected chi connectivity index (χ0v) is 12.5. The number of rotatable bonds is 10. The minimum atomic E-state index is -0.380. The molecule has 2 heteroatoms. The van der Waals surface area contributed by atoms with Crippen LogP contribution in [0.2, 0.25) is 0 Å². The molecule has 0 spiro atoms. The van der Waals surface area contributed by atoms with Crippen LogP contribution in [-0.4, -0.2) is 17.8 Å². The number of unbranched alkanes of at least 4 members (excludes halogenated alkanes) is 3. The second-order valence-corrected chi connectivity index (χ2v) is 4.95. The number of aliphatic hydroxyl groups excluding tert-OH is 1. The summed E-state index contributed by atoms with van der Waals surface area (Å²) in [5, 5.41) is 13.1. The Hall–Kier alpha value is -1.54. The Morgan fingerprint density at radius 1 is 1.10 bits per heavy atom. The number of benzene rings is 1. The van der Waals surface area contributed by atoms with E-state index in [0.29, 0.717) is 6.42 Å². The molecule has 1 rings (SSSR count). The van der Waals surface area contributed by atoms with E-state index in [2.05, 4.69) is 24.4 Å². The Bertz CT molecular complexity index is 384. The molecule has 0 saturated heterocycles. The van der Waals surface area contributed by atoms with Gasteiger partial charge in [0.15, 0.2) is 0 Å². The molecule has 0 amide bonds. The zero-order valence-electron chi connectivity index (χ0n) is 12.5. The van der Waals surface area contributed by atoms with E-state index in [9.17, 15) is 5.11 Å². The van der Waals surface area contributed by atoms with Gasteiger partial charge in [0.1, 0.15) is 0 Å². The second-order valence-electron chi connectivity index (χ2n) is 4.95. The SMILES string of the molecule is CCCCC/C=C/C[C@@H](O)/C=C\CNc1ccccc1. The van der Waals surface area contributed by atoms with E-state index in [1.165, 1.54) is 19.3 Å². The van der Waals surface area contributed by atoms with E-state index in [4.69, 9.17) is 0 Å². The molecule has 0 aromatic heterocycles. The highest BCUT2D eigenvalue weighted by Gasteiger charge is 1.94. The summed E-state index contributed by atoms with van der Waals surface area (Å²) in [6, 6.07) is 10.1. The molecule has 0 aliphatic heterocycles. The molecule has 110 valence electrons. The largest absolute Gasteiger partial charge is 0.389 e. The summed E-state index contributed by atoms with van der Waals surface area (Å²) in [5.74, 6) is 0. The van der Waals surface area contributed by atoms with Crippen LogP contribution in [0.3, 0.4) is 0 Å². The highest BCUT2D eigenvalue weighted by Crippen LogP contribution is 2.05. The van der Waals surface area contributed by atoms with Crippen molar-refractivity contribution in [2.45, 2.75) is 45.1 Å². The number of hydrogen-bond donors (Lipinski definition) is 2. The second kappa shape index (κ2) is 11.3. The third-order valence-corrected chi connectivity index (χ3v) is 3.07. The van der Waals surface area contributed by atoms with E-state index in [0.717, 1.165) is 18.7 Å². The predicted molar refractivity (Wildman–Crippen MR) is 88.0 cm³/mol. The summed E-state index contributed by atoms with van der Waals surface area (Å²) < 4.78 is 0. The van der Waals surface area contributed by atoms with Gasteiger partial charge in [-0.05, 0) is 31.4 Å². The maximum absolute atomic E-state index is 9.78. The average Bonchev–Trinajstić information content (AvgIpc) is 2.48. The normalized spacial score (nSPS) is 13.1. The van der Waals surface area contributed by atoms with Crippen molar-refractivity contribution < 1.29 is 5.11 Å². The van der Waals surface area contributed by atoms with Crippen molar-refractivity contribution in [2.75, 3.05) is 11.9 Å². The molecule has 0 radical (unpaired) electrons. The lowest BCUT2D eigenvalue weighted by molar-refractivity contribution is 0.226. The monoisotopic (exact) mass is 273 g/mol. The van der Waals surface area contributed by atoms with Gasteiger partial charge in [-0.3, -0.25) is 0 Å². The Morgan fingerprint density at radius 3 is 2.65 bits per heavy atom. The number of hydrogen-bond acceptors (Lipinski definition) is 2. The van der Waals surface area contributed by atoms with Crippen LogP contribution >= 0.6 is 0 Å². The van der Waals surface area contributed by atoms with Crippen LogP contribution in [-0.2, 0) is 0 Å². The van der Waals surface area contributed by atoms with Crippen molar-refractivity contribution in [1.29, 1.82) is 0 Å². The van der Waals surface area contributed by atoms with Crippen LogP contribution in [0, 0.1) is 0 Å². The van der Waals surface area contributed by atoms with Crippen molar-refractivity contribution in [3.8, 4) is 0 Å². The minimum absolute atomic E-state index is 0.380. The Kier molecular flexibility index (Phi) is 9.33. The van der Waals surface area contributed by atoms with Gasteiger partial charge < -0.3 is 10.4 Å². The molecule has 0 fully saturated rings. The maximum atomic E-state index is 9.78. The highest BCUT2D eigenvalue weighted by molar-refractivity contribution is 5.42. The van der Waals surface area contributed by atoms with Crippen molar-refractivity contribution in [1.82, 2.24) is 0 Å². The van der Waals surface area contributed by atoms with Gasteiger partial charge in [-0.2, -0.15) is 0 Å². The van der Waals surface area contributed by atoms with Gasteiger partial charge in [0, 0.05) is 12.2 Å². The summed E-state index contributed by atoms with van der Waals surface area (Å²) in [6.45, 7) is 2.95. The molecule has 0 unspecified atom stereocenters. The number of para-hydroxylation sites is 1. The van der Waals surface area contributed by atoms with Crippen molar-refractivity contribution in [3.63, 3.8) is 0 Å². The van der Waals surface area contributed by atoms with Crippen LogP contribution in [0.1, 0.15) is 39.0 Å². The van der Waals surface area contributed by atoms with Crippen molar-refractivity contribution >= 4 is 5.69 Å². The smallest absolute Gasteiger partial charge is 0.0755 e. The molecular formula is C18H27NO. The highest BCUT2D eigenvalue weighted by atomic mass is 16.3. The predicted octanol–water partition coefficient (Wildman–Crippen LogP) is 4.54. The lowest BCUT2D eigenvalue weighted by atomic mass is 10.1. The van der Waals surface area contributed by atoms with Gasteiger partial charge in [-0.15, -0.1) is 0 Å². The fourth-order valence-electron chi connectivity index (χ4n) is 1.90. The fraction of sp³-hybridized carbons (Fsp3) is 0.444. The Labute approximate surface area is 123 Å². The molecule has 0 saturated carbocycles. The molecule has 0 bridgehead atoms. The average molecular weight is 273 g/mol. The zero-order chi connectivity index (χ0) is 14.5. The maximum Gasteiger partial charge on any atom is 0.0755 e. The standard InChI is InChI=1S/C18H27NO/c1-2-3-4-5-6-10-14-18(20)15-11-16-19-17-12-8-7-9-13-17/h6-13,15,18-20H,2-5,14,16H2,1H3/b10-6+,15-11-/t18-/m1/s1. The van der Waals surface area contributed by atoms with E-state index < -0.39 is 0 Å². The first-order chi connectivity index (χ1) is 9.83. The number of nitrogens with one attached hydrogen (secondary N) is 1. The van der Waals surface area contributed by atoms with Gasteiger partial charge in [0.05, 0.1) is 6.10 Å². The summed E-state index contributed by atoms with van der Waals surface area (Å²) in [5.41, 5.74) is 1.10. The molecule has 0 heterocycles. The van der Waals surface area contributed by atoms with Gasteiger partial charge in [-0.25, -0.2) is 0 Å². The molecule has 20 heavy (non-hydrogen) atoms. The molecule has 1 aromatic rings. The van der Waals surface area contributed by atoms with Gasteiger partial charge >= 0.3 is 0 Å². The van der Waals surface area contributed by atoms with Gasteiger partial charge in [0.25, 0.3) is 0 Å². The quantitative estimate of drug-likeness (QED) is 0.484. The molecule has 0 aliphatic carbocycles. The lowest BCUT2D eigenvalue weighted by Crippen LogP contribution is -2.02. The van der Waals surface area contributed by atoms with Gasteiger partial charge in [0.2, 0.25) is 0 Å². The van der Waals surface area contributed by atoms with Crippen LogP contribution in [0.4, 0.5) is 5.69 Å². The molecule has 2 nitrogen and oxygen atoms in total. The first-order valence-corrected chi connectivity index (χ1v) is 7.61. The molecule has 1 aromatic carbocycles. The minimum Gasteiger partial charge on any atom is -0.389 e. The molecule has 2 N–H and O–H groups in total. The Morgan fingerprint density at radius 2 is 1.90 bits per heavy atom. The number of aliphatic hydroxyl groups is 1. The third kappa shape index (κ3) is 8.54. The van der Waals surface area contributed by atoms with E-state index in [1.807, 2.05) is 42.5 Å². The summed E-state index contributed by atoms with van der Waals surface area (Å²) >= 11 is 0. The first-order valence-electron chi connectivity index (χ1n) is 7.61. The summed E-state index contributed by atoms with van der Waals surface area (Å²) in [4.78, 5) is 0. The topological polar surface area (TPSA) is 32.3 Å². The number of allylic oxidation sites excluding steroid dienone is 1. The molecule has 1 atom stereocenters. The van der Waals surface area contributed by atoms with Crippen molar-refractivity contribution in [3.05, 3.63) is 54.6 Å². The molecular weight excluding hydrogens is 246 g/mol. The van der Waals surface area contributed by atoms with Crippen LogP contribution in [0.5, 0.6) is 0 Å². The first kappa shape index (κ1) is 16.5. The number of anilines is 1.